The third-order valence-electron chi connectivity index (χ3n) is 4.08. The van der Waals surface area contributed by atoms with Crippen LogP contribution in [0.1, 0.15) is 32.4 Å². The van der Waals surface area contributed by atoms with Gasteiger partial charge < -0.3 is 9.88 Å². The van der Waals surface area contributed by atoms with Gasteiger partial charge in [-0.1, -0.05) is 48.2 Å². The molecule has 2 atom stereocenters. The molecule has 0 aliphatic carbocycles. The fraction of sp³-hybridized carbons (Fsp3) is 0.316. The Morgan fingerprint density at radius 3 is 2.62 bits per heavy atom. The van der Waals surface area contributed by atoms with E-state index < -0.39 is 0 Å². The lowest BCUT2D eigenvalue weighted by molar-refractivity contribution is -0.120. The second-order valence-electron chi connectivity index (χ2n) is 5.93. The number of carbonyl (C=O) groups is 1. The van der Waals surface area contributed by atoms with E-state index in [0.717, 1.165) is 28.0 Å². The van der Waals surface area contributed by atoms with Gasteiger partial charge in [-0.05, 0) is 37.8 Å². The van der Waals surface area contributed by atoms with Gasteiger partial charge in [-0.3, -0.25) is 4.79 Å². The summed E-state index contributed by atoms with van der Waals surface area (Å²) in [7, 11) is 0. The Morgan fingerprint density at radius 1 is 1.19 bits per heavy atom. The summed E-state index contributed by atoms with van der Waals surface area (Å²) >= 11 is 3.08. The van der Waals surface area contributed by atoms with Crippen molar-refractivity contribution in [3.05, 3.63) is 53.4 Å². The summed E-state index contributed by atoms with van der Waals surface area (Å²) in [6.45, 7) is 6.72. The molecule has 0 fully saturated rings. The Morgan fingerprint density at radius 2 is 1.96 bits per heavy atom. The first-order valence-corrected chi connectivity index (χ1v) is 10.3. The topological polar surface area (TPSA) is 59.8 Å². The molecule has 7 heteroatoms. The zero-order valence-corrected chi connectivity index (χ0v) is 16.7. The maximum atomic E-state index is 12.6. The van der Waals surface area contributed by atoms with Gasteiger partial charge in [0, 0.05) is 6.54 Å². The molecule has 1 aromatic carbocycles. The number of thioether (sulfide) groups is 1. The Labute approximate surface area is 161 Å². The quantitative estimate of drug-likeness (QED) is 0.612. The van der Waals surface area contributed by atoms with Crippen molar-refractivity contribution in [1.29, 1.82) is 0 Å². The molecule has 136 valence electrons. The Bertz CT molecular complexity index is 846. The lowest BCUT2D eigenvalue weighted by atomic mass is 10.1. The van der Waals surface area contributed by atoms with Crippen molar-refractivity contribution >= 4 is 29.0 Å². The molecule has 2 aromatic heterocycles. The summed E-state index contributed by atoms with van der Waals surface area (Å²) in [6, 6.07) is 14.0. The van der Waals surface area contributed by atoms with E-state index in [4.69, 9.17) is 0 Å². The van der Waals surface area contributed by atoms with Crippen LogP contribution in [0.5, 0.6) is 0 Å². The number of benzene rings is 1. The third kappa shape index (κ3) is 4.16. The number of nitrogens with zero attached hydrogens (tertiary/aromatic N) is 3. The molecule has 3 aromatic rings. The number of hydrogen-bond acceptors (Lipinski definition) is 5. The van der Waals surface area contributed by atoms with Crippen LogP contribution in [-0.2, 0) is 11.3 Å². The monoisotopic (exact) mass is 386 g/mol. The molecule has 5 nitrogen and oxygen atoms in total. The minimum atomic E-state index is -0.258. The molecule has 0 aliphatic heterocycles. The van der Waals surface area contributed by atoms with E-state index in [1.807, 2.05) is 61.7 Å². The summed E-state index contributed by atoms with van der Waals surface area (Å²) in [6.07, 6.45) is 0. The van der Waals surface area contributed by atoms with Crippen molar-refractivity contribution in [3.63, 3.8) is 0 Å². The number of thiophene rings is 1. The van der Waals surface area contributed by atoms with E-state index >= 15 is 0 Å². The maximum Gasteiger partial charge on any atom is 0.233 e. The van der Waals surface area contributed by atoms with Gasteiger partial charge in [-0.2, -0.15) is 0 Å². The SMILES string of the molecule is CCn1c(SC(C)C(=O)NC(C)c2ccccc2)nnc1-c1cccs1. The van der Waals surface area contributed by atoms with Gasteiger partial charge >= 0.3 is 0 Å². The fourth-order valence-electron chi connectivity index (χ4n) is 2.62. The molecule has 1 N–H and O–H groups in total. The van der Waals surface area contributed by atoms with Gasteiger partial charge in [-0.25, -0.2) is 0 Å². The van der Waals surface area contributed by atoms with Crippen molar-refractivity contribution in [3.8, 4) is 10.7 Å². The summed E-state index contributed by atoms with van der Waals surface area (Å²) in [5.74, 6) is 0.852. The molecule has 26 heavy (non-hydrogen) atoms. The molecule has 0 bridgehead atoms. The average Bonchev–Trinajstić information content (AvgIpc) is 3.31. The van der Waals surface area contributed by atoms with Crippen LogP contribution < -0.4 is 5.32 Å². The normalized spacial score (nSPS) is 13.3. The number of amides is 1. The number of carbonyl (C=O) groups excluding carboxylic acids is 1. The van der Waals surface area contributed by atoms with Gasteiger partial charge in [-0.15, -0.1) is 21.5 Å². The first kappa shape index (κ1) is 18.7. The van der Waals surface area contributed by atoms with Gasteiger partial charge in [0.25, 0.3) is 0 Å². The first-order chi connectivity index (χ1) is 12.6. The van der Waals surface area contributed by atoms with E-state index in [1.165, 1.54) is 11.8 Å². The molecular weight excluding hydrogens is 364 g/mol. The highest BCUT2D eigenvalue weighted by molar-refractivity contribution is 8.00. The van der Waals surface area contributed by atoms with Crippen LogP contribution in [-0.4, -0.2) is 25.9 Å². The van der Waals surface area contributed by atoms with Gasteiger partial charge in [0.1, 0.15) is 0 Å². The van der Waals surface area contributed by atoms with E-state index in [1.54, 1.807) is 11.3 Å². The zero-order valence-electron chi connectivity index (χ0n) is 15.0. The molecular formula is C19H22N4OS2. The molecule has 3 rings (SSSR count). The largest absolute Gasteiger partial charge is 0.349 e. The van der Waals surface area contributed by atoms with Crippen LogP contribution in [0, 0.1) is 0 Å². The van der Waals surface area contributed by atoms with Crippen molar-refractivity contribution in [2.45, 2.75) is 43.8 Å². The molecule has 2 unspecified atom stereocenters. The van der Waals surface area contributed by atoms with E-state index in [0.29, 0.717) is 0 Å². The van der Waals surface area contributed by atoms with Crippen LogP contribution in [0.3, 0.4) is 0 Å². The molecule has 1 amide bonds. The summed E-state index contributed by atoms with van der Waals surface area (Å²) in [4.78, 5) is 13.7. The molecule has 0 spiro atoms. The zero-order chi connectivity index (χ0) is 18.5. The van der Waals surface area contributed by atoms with Crippen molar-refractivity contribution in [2.24, 2.45) is 0 Å². The second-order valence-corrected chi connectivity index (χ2v) is 8.18. The summed E-state index contributed by atoms with van der Waals surface area (Å²) in [5.41, 5.74) is 1.09. The molecule has 2 heterocycles. The molecule has 0 aliphatic rings. The lowest BCUT2D eigenvalue weighted by Gasteiger charge is -2.17. The van der Waals surface area contributed by atoms with Gasteiger partial charge in [0.15, 0.2) is 11.0 Å². The van der Waals surface area contributed by atoms with Crippen molar-refractivity contribution < 1.29 is 4.79 Å². The summed E-state index contributed by atoms with van der Waals surface area (Å²) in [5, 5.41) is 14.2. The second kappa shape index (κ2) is 8.51. The van der Waals surface area contributed by atoms with Crippen molar-refractivity contribution in [1.82, 2.24) is 20.1 Å². The van der Waals surface area contributed by atoms with E-state index in [9.17, 15) is 4.79 Å². The first-order valence-electron chi connectivity index (χ1n) is 8.59. The molecule has 0 saturated carbocycles. The van der Waals surface area contributed by atoms with Gasteiger partial charge in [0.05, 0.1) is 16.2 Å². The highest BCUT2D eigenvalue weighted by atomic mass is 32.2. The highest BCUT2D eigenvalue weighted by Crippen LogP contribution is 2.29. The highest BCUT2D eigenvalue weighted by Gasteiger charge is 2.21. The average molecular weight is 387 g/mol. The van der Waals surface area contributed by atoms with Crippen LogP contribution in [0.15, 0.2) is 53.0 Å². The van der Waals surface area contributed by atoms with Crippen LogP contribution in [0.4, 0.5) is 0 Å². The number of hydrogen-bond donors (Lipinski definition) is 1. The smallest absolute Gasteiger partial charge is 0.233 e. The van der Waals surface area contributed by atoms with Crippen molar-refractivity contribution in [2.75, 3.05) is 0 Å². The Hall–Kier alpha value is -2.12. The number of nitrogens with one attached hydrogen (secondary N) is 1. The van der Waals surface area contributed by atoms with Crippen LogP contribution in [0.25, 0.3) is 10.7 Å². The third-order valence-corrected chi connectivity index (χ3v) is 6.03. The van der Waals surface area contributed by atoms with E-state index in [2.05, 4.69) is 27.0 Å². The predicted octanol–water partition coefficient (Wildman–Crippen LogP) is 4.38. The predicted molar refractivity (Wildman–Crippen MR) is 107 cm³/mol. The number of aromatic nitrogens is 3. The van der Waals surface area contributed by atoms with Crippen LogP contribution in [0.2, 0.25) is 0 Å². The number of rotatable bonds is 7. The minimum Gasteiger partial charge on any atom is -0.349 e. The van der Waals surface area contributed by atoms with Crippen LogP contribution >= 0.6 is 23.1 Å². The minimum absolute atomic E-state index is 0.00493. The Balaban J connectivity index is 1.68. The summed E-state index contributed by atoms with van der Waals surface area (Å²) < 4.78 is 2.06. The van der Waals surface area contributed by atoms with E-state index in [-0.39, 0.29) is 17.2 Å². The molecule has 0 saturated heterocycles. The standard InChI is InChI=1S/C19H22N4OS2/c1-4-23-17(16-11-8-12-25-16)21-22-19(23)26-14(3)18(24)20-13(2)15-9-6-5-7-10-15/h5-14H,4H2,1-3H3,(H,20,24). The maximum absolute atomic E-state index is 12.6. The fourth-order valence-corrected chi connectivity index (χ4v) is 4.26. The molecule has 0 radical (unpaired) electrons. The lowest BCUT2D eigenvalue weighted by Crippen LogP contribution is -2.33. The van der Waals surface area contributed by atoms with Gasteiger partial charge in [0.2, 0.25) is 5.91 Å². The Kier molecular flexibility index (Phi) is 6.11.